The largest absolute Gasteiger partial charge is 0.479 e. The van der Waals surface area contributed by atoms with Gasteiger partial charge in [0, 0.05) is 0 Å². The van der Waals surface area contributed by atoms with Crippen LogP contribution < -0.4 is 0 Å². The van der Waals surface area contributed by atoms with Crippen LogP contribution in [0.3, 0.4) is 0 Å². The van der Waals surface area contributed by atoms with Gasteiger partial charge in [0.1, 0.15) is 170 Å². The van der Waals surface area contributed by atoms with E-state index in [1.165, 1.54) is 13.8 Å². The first kappa shape index (κ1) is 92.5. The topological polar surface area (TPSA) is 664 Å². The van der Waals surface area contributed by atoms with E-state index in [2.05, 4.69) is 19.9 Å². The maximum Gasteiger partial charge on any atom is 0.335 e. The molecule has 5 aliphatic carbocycles. The summed E-state index contributed by atoms with van der Waals surface area (Å²) >= 11 is 0. The van der Waals surface area contributed by atoms with E-state index in [-0.39, 0.29) is 25.2 Å². The van der Waals surface area contributed by atoms with Crippen LogP contribution in [0.4, 0.5) is 0 Å². The third-order valence-corrected chi connectivity index (χ3v) is 29.0. The fourth-order valence-corrected chi connectivity index (χ4v) is 21.7. The number of rotatable bonds is 21. The molecule has 13 rings (SSSR count). The van der Waals surface area contributed by atoms with E-state index < -0.39 is 335 Å². The average molecular weight is 1710 g/mol. The van der Waals surface area contributed by atoms with E-state index in [0.29, 0.717) is 38.5 Å². The minimum atomic E-state index is -2.29. The molecule has 0 radical (unpaired) electrons. The van der Waals surface area contributed by atoms with Gasteiger partial charge in [-0.05, 0) is 111 Å². The Hall–Kier alpha value is -3.13. The van der Waals surface area contributed by atoms with Crippen molar-refractivity contribution >= 4 is 18.2 Å². The molecule has 48 atom stereocenters. The number of allylic oxidation sites excluding steroid dienone is 2. The zero-order valence-electron chi connectivity index (χ0n) is 66.4. The van der Waals surface area contributed by atoms with Gasteiger partial charge in [0.15, 0.2) is 56.2 Å². The molecule has 0 aromatic carbocycles. The average Bonchev–Trinajstić information content (AvgIpc) is 0.669. The number of aliphatic hydroxyl groups excluding tert-OH is 22. The molecule has 0 unspecified atom stereocenters. The van der Waals surface area contributed by atoms with Crippen LogP contribution in [-0.4, -0.2) is 414 Å². The normalized spacial score (nSPS) is 54.9. The molecule has 0 amide bonds. The summed E-state index contributed by atoms with van der Waals surface area (Å²) < 4.78 is 97.5. The van der Waals surface area contributed by atoms with Gasteiger partial charge in [-0.2, -0.15) is 0 Å². The van der Waals surface area contributed by atoms with Gasteiger partial charge in [0.25, 0.3) is 0 Å². The molecule has 8 heterocycles. The van der Waals surface area contributed by atoms with Gasteiger partial charge in [0.2, 0.25) is 6.29 Å². The number of esters is 1. The maximum absolute atomic E-state index is 16.3. The molecule has 23 N–H and O–H groups in total. The van der Waals surface area contributed by atoms with Gasteiger partial charge in [-0.25, -0.2) is 4.79 Å². The van der Waals surface area contributed by atoms with Crippen LogP contribution in [0.1, 0.15) is 113 Å². The molecule has 42 heteroatoms. The number of carbonyl (C=O) groups is 3. The quantitative estimate of drug-likeness (QED) is 0.0220. The first-order chi connectivity index (χ1) is 55.4. The van der Waals surface area contributed by atoms with Gasteiger partial charge in [-0.1, -0.05) is 53.2 Å². The highest BCUT2D eigenvalue weighted by molar-refractivity contribution is 5.80. The Morgan fingerprint density at radius 1 is 0.441 bits per heavy atom. The van der Waals surface area contributed by atoms with Crippen molar-refractivity contribution in [1.29, 1.82) is 0 Å². The lowest BCUT2D eigenvalue weighted by atomic mass is 9.33. The zero-order valence-corrected chi connectivity index (χ0v) is 66.4. The highest BCUT2D eigenvalue weighted by Gasteiger charge is 2.74. The van der Waals surface area contributed by atoms with Crippen molar-refractivity contribution in [2.45, 2.75) is 359 Å². The number of ether oxygens (including phenoxy) is 16. The Morgan fingerprint density at radius 2 is 0.898 bits per heavy atom. The summed E-state index contributed by atoms with van der Waals surface area (Å²) in [5.41, 5.74) is -5.48. The number of hydrogen-bond donors (Lipinski definition) is 23. The van der Waals surface area contributed by atoms with Crippen molar-refractivity contribution in [3.8, 4) is 0 Å². The summed E-state index contributed by atoms with van der Waals surface area (Å²) in [5, 5.41) is 255. The SMILES string of the molecule is C[C@@H]1O[C@@H](O[C@H]2[C@H](OC(=O)[C@]34CCC(C)(C)C[C@H]3C3=CC[C@@H]5[C@@]6(C)CC[C@H](O[C@@H]7O[C@H](C(=O)O)[C@@H](O)[C@H](O[C@@H]8OC[C@@H](O)[C@H](O)[C@H]8O)[C@H]7O[C@@H]7O[C@H](CO)[C@H](O)[C@H](O)[C@H]7O)[C@@](C)(C=O)[C@@H]6CC[C@@]5(C)[C@]3(C)C[C@H]4O)O[C@H](C)[C@H](O[C@@H]3OC[C@H](O)[C@@H](O)[C@H]3O)[C@@H]2O)[C@H](O)[C@H](O[C@@H]2O[C@H](CO)[C@@H](O)[C@H](O)[C@H]2O)[C@H]1O[C@@H]1O[C@H](CO)[C@@H](O)[C@H](O)[C@H]1O. The summed E-state index contributed by atoms with van der Waals surface area (Å²) in [5.74, 6) is -4.46. The zero-order chi connectivity index (χ0) is 86.2. The van der Waals surface area contributed by atoms with Crippen LogP contribution in [0.5, 0.6) is 0 Å². The molecule has 0 aromatic rings. The number of hydrogen-bond acceptors (Lipinski definition) is 41. The first-order valence-electron chi connectivity index (χ1n) is 40.5. The predicted octanol–water partition coefficient (Wildman–Crippen LogP) is -9.16. The molecule has 118 heavy (non-hydrogen) atoms. The number of fused-ring (bicyclic) bond motifs is 7. The summed E-state index contributed by atoms with van der Waals surface area (Å²) in [6.45, 7) is 10.7. The fourth-order valence-electron chi connectivity index (χ4n) is 21.7. The standard InChI is InChI=1S/C76H120O42/c1-25-54(111-62-46(92)38(84)29(81)22-103-62)51(97)59(116-67-53(99)57(114-65-49(95)44(90)41(87)32(20-78)108-65)55(26(2)105-67)112-64-48(94)43(89)40(86)31(19-77)107-64)68(106-25)118-70(102)76-16-15-71(3,4)17-28(76)27-9-10-35-72(5)13-12-37(73(6,24-80)34(72)11-14-74(35,7)75(27,8)18-36(76)83)110-69-60(117-66-50(96)45(91)42(88)33(21-79)109-66)56(52(98)58(115-69)61(100)101)113-63-47(93)39(85)30(82)23-104-63/h9,24-26,28-60,62-69,77-79,81-99H,10-23H2,1-8H3,(H,100,101)/t25-,26+,28+,29+,30-,31-,32-,33-,34-,35-,36-,37+,38-,39+,40-,41-,42+,43+,44+,45+,46-,47-,48-,49-,50-,51+,52+,53-,54+,55+,56+,57+,58+,59-,60-,62+,63+,64+,65+,66+,67+,68+,69-,72+,73+,74-,75-,76-/m1/s1. The van der Waals surface area contributed by atoms with Crippen molar-refractivity contribution in [3.05, 3.63) is 11.6 Å². The van der Waals surface area contributed by atoms with Gasteiger partial charge in [0.05, 0.1) is 62.9 Å². The lowest BCUT2D eigenvalue weighted by Gasteiger charge is -2.71. The van der Waals surface area contributed by atoms with Crippen LogP contribution in [0, 0.1) is 50.2 Å². The van der Waals surface area contributed by atoms with E-state index in [1.807, 2.05) is 20.8 Å². The maximum atomic E-state index is 16.3. The highest BCUT2D eigenvalue weighted by Crippen LogP contribution is 2.76. The molecule has 676 valence electrons. The molecule has 0 spiro atoms. The van der Waals surface area contributed by atoms with E-state index in [9.17, 15) is 127 Å². The van der Waals surface area contributed by atoms with Crippen molar-refractivity contribution in [3.63, 3.8) is 0 Å². The number of aliphatic hydroxyl groups is 22. The summed E-state index contributed by atoms with van der Waals surface area (Å²) in [6.07, 6.45) is -70.8. The third-order valence-electron chi connectivity index (χ3n) is 29.0. The van der Waals surface area contributed by atoms with Gasteiger partial charge >= 0.3 is 11.9 Å². The Morgan fingerprint density at radius 3 is 1.42 bits per heavy atom. The molecule has 42 nitrogen and oxygen atoms in total. The fraction of sp³-hybridized carbons (Fsp3) is 0.934. The van der Waals surface area contributed by atoms with E-state index in [4.69, 9.17) is 75.8 Å². The summed E-state index contributed by atoms with van der Waals surface area (Å²) in [6, 6.07) is 0. The number of aldehydes is 1. The van der Waals surface area contributed by atoms with Gasteiger partial charge < -0.3 is 198 Å². The number of carboxylic acids is 1. The molecule has 4 saturated carbocycles. The second-order valence-corrected chi connectivity index (χ2v) is 36.4. The molecule has 0 bridgehead atoms. The van der Waals surface area contributed by atoms with Crippen molar-refractivity contribution < 1.29 is 208 Å². The van der Waals surface area contributed by atoms with Gasteiger partial charge in [-0.15, -0.1) is 0 Å². The Bertz CT molecular complexity index is 3470. The monoisotopic (exact) mass is 1700 g/mol. The van der Waals surface area contributed by atoms with Gasteiger partial charge in [-0.3, -0.25) is 4.79 Å². The Kier molecular flexibility index (Phi) is 27.6. The molecule has 8 saturated heterocycles. The van der Waals surface area contributed by atoms with Crippen molar-refractivity contribution in [1.82, 2.24) is 0 Å². The lowest BCUT2D eigenvalue weighted by molar-refractivity contribution is -0.402. The summed E-state index contributed by atoms with van der Waals surface area (Å²) in [7, 11) is 0. The number of aliphatic carboxylic acids is 1. The Labute approximate surface area is 677 Å². The van der Waals surface area contributed by atoms with E-state index in [0.717, 1.165) is 11.9 Å². The minimum Gasteiger partial charge on any atom is -0.479 e. The van der Waals surface area contributed by atoms with Crippen molar-refractivity contribution in [2.75, 3.05) is 33.0 Å². The lowest BCUT2D eigenvalue weighted by Crippen LogP contribution is -2.69. The van der Waals surface area contributed by atoms with Crippen LogP contribution in [-0.2, 0) is 90.2 Å². The molecule has 8 aliphatic heterocycles. The van der Waals surface area contributed by atoms with Crippen LogP contribution >= 0.6 is 0 Å². The molecule has 12 fully saturated rings. The van der Waals surface area contributed by atoms with Crippen molar-refractivity contribution in [2.24, 2.45) is 50.2 Å². The number of carbonyl (C=O) groups excluding carboxylic acids is 2. The predicted molar refractivity (Wildman–Crippen MR) is 381 cm³/mol. The first-order valence-corrected chi connectivity index (χ1v) is 40.5. The highest BCUT2D eigenvalue weighted by atomic mass is 16.8. The second-order valence-electron chi connectivity index (χ2n) is 36.4. The van der Waals surface area contributed by atoms with Crippen LogP contribution in [0.15, 0.2) is 11.6 Å². The molecular weight excluding hydrogens is 1580 g/mol. The minimum absolute atomic E-state index is 0.0147. The molecule has 0 aromatic heterocycles. The second kappa shape index (κ2) is 35.2. The van der Waals surface area contributed by atoms with Crippen LogP contribution in [0.25, 0.3) is 0 Å². The third kappa shape index (κ3) is 16.0. The molecule has 13 aliphatic rings. The van der Waals surface area contributed by atoms with E-state index in [1.54, 1.807) is 6.92 Å². The summed E-state index contributed by atoms with van der Waals surface area (Å²) in [4.78, 5) is 43.7. The molecular formula is C76H120O42. The number of carboxylic acid groups (broad SMARTS) is 1. The Balaban J connectivity index is 0.800. The smallest absolute Gasteiger partial charge is 0.335 e. The van der Waals surface area contributed by atoms with E-state index >= 15 is 4.79 Å². The van der Waals surface area contributed by atoms with Crippen LogP contribution in [0.2, 0.25) is 0 Å².